The Morgan fingerprint density at radius 1 is 1.36 bits per heavy atom. The largest absolute Gasteiger partial charge is 0.481 e. The Balaban J connectivity index is 1.82. The van der Waals surface area contributed by atoms with E-state index in [1.54, 1.807) is 6.07 Å². The Hall–Kier alpha value is -2.35. The summed E-state index contributed by atoms with van der Waals surface area (Å²) in [5, 5.41) is 15.3. The van der Waals surface area contributed by atoms with E-state index in [-0.39, 0.29) is 24.0 Å². The van der Waals surface area contributed by atoms with Crippen molar-refractivity contribution in [3.8, 4) is 0 Å². The number of thioether (sulfide) groups is 1. The lowest BCUT2D eigenvalue weighted by atomic mass is 10.2. The third kappa shape index (κ3) is 6.58. The molecule has 2 N–H and O–H groups in total. The summed E-state index contributed by atoms with van der Waals surface area (Å²) in [7, 11) is 0. The van der Waals surface area contributed by atoms with Crippen LogP contribution in [-0.2, 0) is 21.8 Å². The zero-order chi connectivity index (χ0) is 18.2. The first-order chi connectivity index (χ1) is 11.9. The number of hydrogen-bond donors (Lipinski definition) is 2. The van der Waals surface area contributed by atoms with Gasteiger partial charge in [0, 0.05) is 30.2 Å². The minimum absolute atomic E-state index is 0.0547. The van der Waals surface area contributed by atoms with Crippen LogP contribution in [0.2, 0.25) is 0 Å². The van der Waals surface area contributed by atoms with Crippen LogP contribution in [0, 0.1) is 0 Å². The topological polar surface area (TPSA) is 105 Å². The van der Waals surface area contributed by atoms with Crippen LogP contribution in [0.5, 0.6) is 0 Å². The molecule has 0 bridgehead atoms. The molecule has 0 atom stereocenters. The van der Waals surface area contributed by atoms with E-state index in [4.69, 9.17) is 9.63 Å². The first-order valence-corrected chi connectivity index (χ1v) is 9.10. The van der Waals surface area contributed by atoms with Crippen molar-refractivity contribution in [2.45, 2.75) is 38.4 Å². The molecule has 25 heavy (non-hydrogen) atoms. The number of carbonyl (C=O) groups excluding carboxylic acids is 1. The Bertz CT molecular complexity index is 730. The summed E-state index contributed by atoms with van der Waals surface area (Å²) in [6.07, 6.45) is 0.636. The molecule has 134 valence electrons. The molecule has 0 fully saturated rings. The number of nitrogens with one attached hydrogen (secondary N) is 1. The number of carboxylic acid groups (broad SMARTS) is 1. The second-order valence-electron chi connectivity index (χ2n) is 5.84. The molecule has 2 rings (SSSR count). The van der Waals surface area contributed by atoms with Crippen LogP contribution in [-0.4, -0.2) is 32.9 Å². The van der Waals surface area contributed by atoms with Crippen LogP contribution in [0.3, 0.4) is 0 Å². The van der Waals surface area contributed by atoms with Gasteiger partial charge < -0.3 is 14.9 Å². The van der Waals surface area contributed by atoms with Gasteiger partial charge in [-0.15, -0.1) is 11.8 Å². The van der Waals surface area contributed by atoms with Crippen LogP contribution < -0.4 is 5.32 Å². The van der Waals surface area contributed by atoms with E-state index < -0.39 is 5.97 Å². The number of aromatic nitrogens is 2. The minimum atomic E-state index is -0.837. The van der Waals surface area contributed by atoms with Crippen molar-refractivity contribution in [3.63, 3.8) is 0 Å². The molecule has 0 aliphatic heterocycles. The lowest BCUT2D eigenvalue weighted by molar-refractivity contribution is -0.133. The summed E-state index contributed by atoms with van der Waals surface area (Å²) in [6.45, 7) is 3.95. The van der Waals surface area contributed by atoms with E-state index >= 15 is 0 Å². The molecule has 0 aliphatic carbocycles. The minimum Gasteiger partial charge on any atom is -0.481 e. The number of amides is 1. The first-order valence-electron chi connectivity index (χ1n) is 7.95. The number of aryl methyl sites for hydroxylation is 1. The van der Waals surface area contributed by atoms with Gasteiger partial charge in [-0.25, -0.2) is 0 Å². The molecule has 1 aromatic carbocycles. The van der Waals surface area contributed by atoms with E-state index in [9.17, 15) is 9.59 Å². The lowest BCUT2D eigenvalue weighted by Gasteiger charge is -2.06. The molecular weight excluding hydrogens is 342 g/mol. The fourth-order valence-electron chi connectivity index (χ4n) is 2.04. The molecule has 1 amide bonds. The summed E-state index contributed by atoms with van der Waals surface area (Å²) in [5.74, 6) is 0.943. The van der Waals surface area contributed by atoms with E-state index in [1.807, 2.05) is 32.0 Å². The predicted molar refractivity (Wildman–Crippen MR) is 95.6 cm³/mol. The van der Waals surface area contributed by atoms with Gasteiger partial charge in [0.2, 0.25) is 11.8 Å². The van der Waals surface area contributed by atoms with Gasteiger partial charge in [-0.2, -0.15) is 4.98 Å². The number of rotatable bonds is 9. The Morgan fingerprint density at radius 3 is 2.84 bits per heavy atom. The van der Waals surface area contributed by atoms with Gasteiger partial charge in [0.05, 0.1) is 5.75 Å². The number of benzene rings is 1. The summed E-state index contributed by atoms with van der Waals surface area (Å²) >= 11 is 1.31. The molecule has 0 aliphatic rings. The van der Waals surface area contributed by atoms with Crippen LogP contribution in [0.15, 0.2) is 28.8 Å². The van der Waals surface area contributed by atoms with Crippen LogP contribution in [0.4, 0.5) is 5.69 Å². The molecule has 0 radical (unpaired) electrons. The highest BCUT2D eigenvalue weighted by atomic mass is 32.2. The van der Waals surface area contributed by atoms with Crippen LogP contribution in [0.1, 0.15) is 43.5 Å². The normalized spacial score (nSPS) is 10.8. The highest BCUT2D eigenvalue weighted by molar-refractivity contribution is 7.99. The fraction of sp³-hybridized carbons (Fsp3) is 0.412. The van der Waals surface area contributed by atoms with Gasteiger partial charge in [0.1, 0.15) is 0 Å². The van der Waals surface area contributed by atoms with Gasteiger partial charge in [-0.3, -0.25) is 9.59 Å². The molecule has 0 unspecified atom stereocenters. The zero-order valence-corrected chi connectivity index (χ0v) is 15.0. The van der Waals surface area contributed by atoms with Crippen molar-refractivity contribution in [1.29, 1.82) is 0 Å². The van der Waals surface area contributed by atoms with Crippen molar-refractivity contribution in [2.24, 2.45) is 0 Å². The number of carbonyl (C=O) groups is 2. The number of anilines is 1. The number of hydrogen-bond acceptors (Lipinski definition) is 6. The maximum Gasteiger partial charge on any atom is 0.313 e. The smallest absolute Gasteiger partial charge is 0.313 e. The third-order valence-electron chi connectivity index (χ3n) is 3.27. The number of aliphatic carboxylic acids is 1. The van der Waals surface area contributed by atoms with Crippen molar-refractivity contribution in [1.82, 2.24) is 10.1 Å². The van der Waals surface area contributed by atoms with Gasteiger partial charge >= 0.3 is 5.97 Å². The first kappa shape index (κ1) is 19.0. The predicted octanol–water partition coefficient (Wildman–Crippen LogP) is 3.08. The van der Waals surface area contributed by atoms with Gasteiger partial charge in [-0.05, 0) is 17.7 Å². The van der Waals surface area contributed by atoms with Crippen LogP contribution in [0.25, 0.3) is 0 Å². The summed E-state index contributed by atoms with van der Waals surface area (Å²) in [6, 6.07) is 7.37. The van der Waals surface area contributed by atoms with Crippen molar-refractivity contribution < 1.29 is 19.2 Å². The number of carboxylic acids is 1. The van der Waals surface area contributed by atoms with E-state index in [0.717, 1.165) is 5.56 Å². The highest BCUT2D eigenvalue weighted by Crippen LogP contribution is 2.17. The van der Waals surface area contributed by atoms with Crippen LogP contribution >= 0.6 is 11.8 Å². The van der Waals surface area contributed by atoms with Gasteiger partial charge in [0.25, 0.3) is 0 Å². The molecule has 1 heterocycles. The summed E-state index contributed by atoms with van der Waals surface area (Å²) < 4.78 is 5.12. The van der Waals surface area contributed by atoms with Crippen molar-refractivity contribution in [2.75, 3.05) is 11.1 Å². The van der Waals surface area contributed by atoms with E-state index in [2.05, 4.69) is 15.5 Å². The zero-order valence-electron chi connectivity index (χ0n) is 14.2. The molecule has 0 spiro atoms. The Kier molecular flexibility index (Phi) is 7.00. The standard InChI is InChI=1S/C17H21N3O4S/c1-11(2)17-19-15(24-20-17)7-6-14(21)18-13-5-3-4-12(8-13)9-25-10-16(22)23/h3-5,8,11H,6-7,9-10H2,1-2H3,(H,18,21)(H,22,23). The molecule has 8 heteroatoms. The molecular formula is C17H21N3O4S. The SMILES string of the molecule is CC(C)c1noc(CCC(=O)Nc2cccc(CSCC(=O)O)c2)n1. The second-order valence-corrected chi connectivity index (χ2v) is 6.82. The Labute approximate surface area is 150 Å². The highest BCUT2D eigenvalue weighted by Gasteiger charge is 2.11. The molecule has 1 aromatic heterocycles. The second kappa shape index (κ2) is 9.22. The number of nitrogens with zero attached hydrogens (tertiary/aromatic N) is 2. The molecule has 0 saturated heterocycles. The van der Waals surface area contributed by atoms with E-state index in [1.165, 1.54) is 11.8 Å². The molecule has 2 aromatic rings. The average Bonchev–Trinajstić information content (AvgIpc) is 3.02. The fourth-order valence-corrected chi connectivity index (χ4v) is 2.74. The maximum absolute atomic E-state index is 12.1. The Morgan fingerprint density at radius 2 is 2.16 bits per heavy atom. The average molecular weight is 363 g/mol. The van der Waals surface area contributed by atoms with Crippen molar-refractivity contribution >= 4 is 29.3 Å². The summed E-state index contributed by atoms with van der Waals surface area (Å²) in [5.41, 5.74) is 1.65. The quantitative estimate of drug-likeness (QED) is 0.705. The van der Waals surface area contributed by atoms with Gasteiger partial charge in [-0.1, -0.05) is 31.1 Å². The summed E-state index contributed by atoms with van der Waals surface area (Å²) in [4.78, 5) is 26.8. The monoisotopic (exact) mass is 363 g/mol. The maximum atomic E-state index is 12.1. The molecule has 7 nitrogen and oxygen atoms in total. The van der Waals surface area contributed by atoms with Gasteiger partial charge in [0.15, 0.2) is 5.82 Å². The van der Waals surface area contributed by atoms with E-state index in [0.29, 0.717) is 29.6 Å². The third-order valence-corrected chi connectivity index (χ3v) is 4.26. The van der Waals surface area contributed by atoms with Crippen molar-refractivity contribution in [3.05, 3.63) is 41.5 Å². The lowest BCUT2D eigenvalue weighted by Crippen LogP contribution is -2.12. The molecule has 0 saturated carbocycles.